The maximum Gasteiger partial charge on any atom is 0.573 e. The predicted molar refractivity (Wildman–Crippen MR) is 81.2 cm³/mol. The molecule has 1 aliphatic heterocycles. The van der Waals surface area contributed by atoms with Crippen LogP contribution in [0.5, 0.6) is 11.5 Å². The quantitative estimate of drug-likeness (QED) is 0.743. The number of rotatable bonds is 5. The molecule has 0 spiro atoms. The SMILES string of the molecule is CC1CCCCN1CCOc1ccc(Br)c(OC(F)(F)F)c1. The normalized spacial score (nSPS) is 20.0. The molecule has 124 valence electrons. The molecule has 1 aromatic carbocycles. The number of likely N-dealkylation sites (tertiary alicyclic amines) is 1. The van der Waals surface area contributed by atoms with Gasteiger partial charge < -0.3 is 9.47 Å². The van der Waals surface area contributed by atoms with Crippen molar-refractivity contribution in [1.29, 1.82) is 0 Å². The van der Waals surface area contributed by atoms with Gasteiger partial charge in [0, 0.05) is 18.7 Å². The van der Waals surface area contributed by atoms with E-state index in [2.05, 4.69) is 32.5 Å². The summed E-state index contributed by atoms with van der Waals surface area (Å²) in [5, 5.41) is 0. The maximum atomic E-state index is 12.3. The zero-order valence-corrected chi connectivity index (χ0v) is 13.9. The number of nitrogens with zero attached hydrogens (tertiary/aromatic N) is 1. The summed E-state index contributed by atoms with van der Waals surface area (Å²) >= 11 is 3.03. The Morgan fingerprint density at radius 3 is 2.77 bits per heavy atom. The summed E-state index contributed by atoms with van der Waals surface area (Å²) in [6.07, 6.45) is -1.10. The summed E-state index contributed by atoms with van der Waals surface area (Å²) in [4.78, 5) is 2.34. The van der Waals surface area contributed by atoms with E-state index in [4.69, 9.17) is 4.74 Å². The summed E-state index contributed by atoms with van der Waals surface area (Å²) in [6.45, 7) is 4.45. The first-order valence-corrected chi connectivity index (χ1v) is 8.06. The number of hydrogen-bond acceptors (Lipinski definition) is 3. The molecule has 1 unspecified atom stereocenters. The van der Waals surface area contributed by atoms with Crippen LogP contribution in [-0.4, -0.2) is 37.0 Å². The van der Waals surface area contributed by atoms with Crippen molar-refractivity contribution in [3.05, 3.63) is 22.7 Å². The Morgan fingerprint density at radius 2 is 2.09 bits per heavy atom. The van der Waals surface area contributed by atoms with E-state index in [0.717, 1.165) is 13.1 Å². The van der Waals surface area contributed by atoms with Gasteiger partial charge in [0.1, 0.15) is 18.1 Å². The van der Waals surface area contributed by atoms with Crippen LogP contribution in [0.1, 0.15) is 26.2 Å². The molecule has 1 aromatic rings. The minimum Gasteiger partial charge on any atom is -0.492 e. The van der Waals surface area contributed by atoms with E-state index in [-0.39, 0.29) is 10.2 Å². The predicted octanol–water partition coefficient (Wildman–Crippen LogP) is 4.60. The molecule has 0 amide bonds. The molecule has 0 saturated carbocycles. The van der Waals surface area contributed by atoms with Crippen LogP contribution in [0.15, 0.2) is 22.7 Å². The van der Waals surface area contributed by atoms with Crippen molar-refractivity contribution < 1.29 is 22.6 Å². The molecule has 3 nitrogen and oxygen atoms in total. The molecule has 0 aromatic heterocycles. The van der Waals surface area contributed by atoms with Crippen LogP contribution in [0.25, 0.3) is 0 Å². The fraction of sp³-hybridized carbons (Fsp3) is 0.600. The first-order valence-electron chi connectivity index (χ1n) is 7.27. The van der Waals surface area contributed by atoms with E-state index >= 15 is 0 Å². The van der Waals surface area contributed by atoms with Gasteiger partial charge in [0.25, 0.3) is 0 Å². The molecule has 0 aliphatic carbocycles. The van der Waals surface area contributed by atoms with Gasteiger partial charge in [-0.2, -0.15) is 0 Å². The molecule has 22 heavy (non-hydrogen) atoms. The highest BCUT2D eigenvalue weighted by Gasteiger charge is 2.32. The molecule has 7 heteroatoms. The van der Waals surface area contributed by atoms with Crippen LogP contribution >= 0.6 is 15.9 Å². The number of alkyl halides is 3. The zero-order valence-electron chi connectivity index (χ0n) is 12.3. The Kier molecular flexibility index (Phi) is 5.97. The van der Waals surface area contributed by atoms with Gasteiger partial charge in [-0.15, -0.1) is 13.2 Å². The van der Waals surface area contributed by atoms with E-state index in [9.17, 15) is 13.2 Å². The minimum absolute atomic E-state index is 0.238. The van der Waals surface area contributed by atoms with Crippen LogP contribution in [0, 0.1) is 0 Å². The minimum atomic E-state index is -4.72. The third kappa shape index (κ3) is 5.35. The first-order chi connectivity index (χ1) is 10.3. The second-order valence-electron chi connectivity index (χ2n) is 5.37. The van der Waals surface area contributed by atoms with Crippen LogP contribution in [0.2, 0.25) is 0 Å². The number of hydrogen-bond donors (Lipinski definition) is 0. The lowest BCUT2D eigenvalue weighted by Gasteiger charge is -2.33. The van der Waals surface area contributed by atoms with Gasteiger partial charge in [0.15, 0.2) is 0 Å². The topological polar surface area (TPSA) is 21.7 Å². The van der Waals surface area contributed by atoms with E-state index in [1.54, 1.807) is 6.07 Å². The van der Waals surface area contributed by atoms with E-state index in [0.29, 0.717) is 18.4 Å². The smallest absolute Gasteiger partial charge is 0.492 e. The lowest BCUT2D eigenvalue weighted by atomic mass is 10.0. The molecule has 0 radical (unpaired) electrons. The third-order valence-electron chi connectivity index (χ3n) is 3.72. The van der Waals surface area contributed by atoms with Gasteiger partial charge in [-0.3, -0.25) is 4.90 Å². The second kappa shape index (κ2) is 7.55. The van der Waals surface area contributed by atoms with Crippen molar-refractivity contribution >= 4 is 15.9 Å². The van der Waals surface area contributed by atoms with Crippen molar-refractivity contribution in [2.75, 3.05) is 19.7 Å². The molecular formula is C15H19BrF3NO2. The van der Waals surface area contributed by atoms with E-state index < -0.39 is 6.36 Å². The number of piperidine rings is 1. The standard InChI is InChI=1S/C15H19BrF3NO2/c1-11-4-2-3-7-20(11)8-9-21-12-5-6-13(16)14(10-12)22-15(17,18)19/h5-6,10-11H,2-4,7-9H2,1H3. The Balaban J connectivity index is 1.88. The second-order valence-corrected chi connectivity index (χ2v) is 6.22. The first kappa shape index (κ1) is 17.4. The van der Waals surface area contributed by atoms with Crippen LogP contribution in [0.3, 0.4) is 0 Å². The monoisotopic (exact) mass is 381 g/mol. The van der Waals surface area contributed by atoms with Crippen molar-refractivity contribution in [2.24, 2.45) is 0 Å². The van der Waals surface area contributed by atoms with E-state index in [1.807, 2.05) is 0 Å². The zero-order chi connectivity index (χ0) is 16.2. The van der Waals surface area contributed by atoms with Gasteiger partial charge in [-0.1, -0.05) is 6.42 Å². The summed E-state index contributed by atoms with van der Waals surface area (Å²) in [7, 11) is 0. The number of ether oxygens (including phenoxy) is 2. The molecule has 1 heterocycles. The Labute approximate surface area is 136 Å². The van der Waals surface area contributed by atoms with Crippen molar-refractivity contribution in [3.63, 3.8) is 0 Å². The summed E-state index contributed by atoms with van der Waals surface area (Å²) in [5.74, 6) is 0.0726. The summed E-state index contributed by atoms with van der Waals surface area (Å²) in [6, 6.07) is 4.88. The average molecular weight is 382 g/mol. The highest BCUT2D eigenvalue weighted by atomic mass is 79.9. The average Bonchev–Trinajstić information content (AvgIpc) is 2.43. The molecule has 1 saturated heterocycles. The molecule has 1 aliphatic rings. The van der Waals surface area contributed by atoms with Gasteiger partial charge in [0.05, 0.1) is 4.47 Å². The molecule has 0 N–H and O–H groups in total. The molecule has 2 rings (SSSR count). The molecule has 1 atom stereocenters. The van der Waals surface area contributed by atoms with Gasteiger partial charge >= 0.3 is 6.36 Å². The molecule has 0 bridgehead atoms. The Morgan fingerprint density at radius 1 is 1.32 bits per heavy atom. The highest BCUT2D eigenvalue weighted by molar-refractivity contribution is 9.10. The van der Waals surface area contributed by atoms with Gasteiger partial charge in [-0.05, 0) is 54.4 Å². The Hall–Kier alpha value is -0.950. The largest absolute Gasteiger partial charge is 0.573 e. The van der Waals surface area contributed by atoms with Crippen LogP contribution in [0.4, 0.5) is 13.2 Å². The van der Waals surface area contributed by atoms with Crippen LogP contribution < -0.4 is 9.47 Å². The lowest BCUT2D eigenvalue weighted by Crippen LogP contribution is -2.39. The van der Waals surface area contributed by atoms with Crippen molar-refractivity contribution in [3.8, 4) is 11.5 Å². The maximum absolute atomic E-state index is 12.3. The molecular weight excluding hydrogens is 363 g/mol. The van der Waals surface area contributed by atoms with Crippen molar-refractivity contribution in [2.45, 2.75) is 38.6 Å². The highest BCUT2D eigenvalue weighted by Crippen LogP contribution is 2.33. The van der Waals surface area contributed by atoms with Crippen LogP contribution in [-0.2, 0) is 0 Å². The fourth-order valence-electron chi connectivity index (χ4n) is 2.55. The summed E-state index contributed by atoms with van der Waals surface area (Å²) in [5.41, 5.74) is 0. The van der Waals surface area contributed by atoms with Gasteiger partial charge in [0.2, 0.25) is 0 Å². The number of halogens is 4. The number of benzene rings is 1. The Bertz CT molecular complexity index is 496. The summed E-state index contributed by atoms with van der Waals surface area (Å²) < 4.78 is 46.6. The van der Waals surface area contributed by atoms with E-state index in [1.165, 1.54) is 31.4 Å². The van der Waals surface area contributed by atoms with Gasteiger partial charge in [-0.25, -0.2) is 0 Å². The third-order valence-corrected chi connectivity index (χ3v) is 4.37. The lowest BCUT2D eigenvalue weighted by molar-refractivity contribution is -0.274. The fourth-order valence-corrected chi connectivity index (χ4v) is 2.87. The molecule has 1 fully saturated rings. The van der Waals surface area contributed by atoms with Crippen molar-refractivity contribution in [1.82, 2.24) is 4.90 Å².